The minimum Gasteiger partial charge on any atom is -0.493 e. The molecule has 10 nitrogen and oxygen atoms in total. The fourth-order valence-electron chi connectivity index (χ4n) is 4.13. The van der Waals surface area contributed by atoms with E-state index < -0.39 is 0 Å². The molecule has 0 radical (unpaired) electrons. The standard InChI is InChI=1S/C26H29N5O5/c1-6-30-25-23(16(2)29-31(25)18-10-8-7-9-11-18)28-19(26(30)33)12-13-22(32)27-17-14-20(34-3)24(36-5)21(15-17)35-4/h7-11,14-15H,6,12-13H2,1-5H3,(H,27,32). The van der Waals surface area contributed by atoms with E-state index in [0.29, 0.717) is 52.0 Å². The molecule has 188 valence electrons. The number of ether oxygens (including phenoxy) is 3. The molecule has 4 rings (SSSR count). The first-order valence-electron chi connectivity index (χ1n) is 11.6. The van der Waals surface area contributed by atoms with Crippen LogP contribution in [0.5, 0.6) is 17.2 Å². The van der Waals surface area contributed by atoms with Crippen LogP contribution >= 0.6 is 0 Å². The summed E-state index contributed by atoms with van der Waals surface area (Å²) >= 11 is 0. The largest absolute Gasteiger partial charge is 0.493 e. The van der Waals surface area contributed by atoms with Crippen molar-refractivity contribution in [2.75, 3.05) is 26.6 Å². The summed E-state index contributed by atoms with van der Waals surface area (Å²) in [7, 11) is 4.52. The second kappa shape index (κ2) is 10.5. The molecule has 0 saturated heterocycles. The topological polar surface area (TPSA) is 110 Å². The van der Waals surface area contributed by atoms with Crippen molar-refractivity contribution in [3.8, 4) is 22.9 Å². The van der Waals surface area contributed by atoms with Gasteiger partial charge in [0, 0.05) is 37.2 Å². The van der Waals surface area contributed by atoms with E-state index in [9.17, 15) is 9.59 Å². The number of hydrogen-bond donors (Lipinski definition) is 1. The molecule has 2 heterocycles. The van der Waals surface area contributed by atoms with Gasteiger partial charge in [-0.15, -0.1) is 0 Å². The number of benzene rings is 2. The number of carbonyl (C=O) groups excluding carboxylic acids is 1. The highest BCUT2D eigenvalue weighted by Crippen LogP contribution is 2.39. The van der Waals surface area contributed by atoms with Gasteiger partial charge in [0.1, 0.15) is 11.2 Å². The Morgan fingerprint density at radius 2 is 1.69 bits per heavy atom. The summed E-state index contributed by atoms with van der Waals surface area (Å²) in [6, 6.07) is 12.9. The third-order valence-corrected chi connectivity index (χ3v) is 5.85. The van der Waals surface area contributed by atoms with E-state index >= 15 is 0 Å². The molecule has 10 heteroatoms. The number of nitrogens with one attached hydrogen (secondary N) is 1. The van der Waals surface area contributed by atoms with Crippen LogP contribution < -0.4 is 25.1 Å². The zero-order valence-corrected chi connectivity index (χ0v) is 21.0. The number of anilines is 1. The summed E-state index contributed by atoms with van der Waals surface area (Å²) in [5.74, 6) is 1.01. The van der Waals surface area contributed by atoms with E-state index in [0.717, 1.165) is 5.69 Å². The van der Waals surface area contributed by atoms with Gasteiger partial charge in [-0.1, -0.05) is 18.2 Å². The maximum Gasteiger partial charge on any atom is 0.273 e. The Balaban J connectivity index is 1.60. The average Bonchev–Trinajstić information content (AvgIpc) is 3.23. The molecule has 0 atom stereocenters. The van der Waals surface area contributed by atoms with Gasteiger partial charge in [-0.25, -0.2) is 9.67 Å². The molecule has 2 aromatic heterocycles. The Labute approximate surface area is 208 Å². The summed E-state index contributed by atoms with van der Waals surface area (Å²) in [6.45, 7) is 4.21. The highest BCUT2D eigenvalue weighted by Gasteiger charge is 2.20. The summed E-state index contributed by atoms with van der Waals surface area (Å²) in [5.41, 5.74) is 3.40. The molecule has 0 unspecified atom stereocenters. The monoisotopic (exact) mass is 491 g/mol. The van der Waals surface area contributed by atoms with Crippen molar-refractivity contribution >= 4 is 22.8 Å². The van der Waals surface area contributed by atoms with Crippen molar-refractivity contribution < 1.29 is 19.0 Å². The third-order valence-electron chi connectivity index (χ3n) is 5.85. The molecule has 4 aromatic rings. The van der Waals surface area contributed by atoms with Gasteiger partial charge in [0.25, 0.3) is 5.56 Å². The molecule has 2 aromatic carbocycles. The van der Waals surface area contributed by atoms with E-state index in [-0.39, 0.29) is 24.3 Å². The zero-order chi connectivity index (χ0) is 25.8. The summed E-state index contributed by atoms with van der Waals surface area (Å²) in [4.78, 5) is 30.7. The lowest BCUT2D eigenvalue weighted by Gasteiger charge is -2.14. The number of amides is 1. The normalized spacial score (nSPS) is 10.9. The Hall–Kier alpha value is -4.34. The molecule has 0 aliphatic carbocycles. The van der Waals surface area contributed by atoms with Crippen LogP contribution in [0.2, 0.25) is 0 Å². The van der Waals surface area contributed by atoms with Crippen molar-refractivity contribution in [3.05, 3.63) is 64.2 Å². The van der Waals surface area contributed by atoms with E-state index in [1.807, 2.05) is 44.2 Å². The molecule has 0 fully saturated rings. The van der Waals surface area contributed by atoms with Crippen LogP contribution in [-0.2, 0) is 17.8 Å². The number of rotatable bonds is 9. The Kier molecular flexibility index (Phi) is 7.23. The SMILES string of the molecule is CCn1c(=O)c(CCC(=O)Nc2cc(OC)c(OC)c(OC)c2)nc2c(C)nn(-c3ccccc3)c21. The summed E-state index contributed by atoms with van der Waals surface area (Å²) in [6.07, 6.45) is 0.251. The van der Waals surface area contributed by atoms with Gasteiger partial charge in [-0.3, -0.25) is 14.2 Å². The first-order chi connectivity index (χ1) is 17.4. The van der Waals surface area contributed by atoms with Crippen molar-refractivity contribution in [1.82, 2.24) is 19.3 Å². The van der Waals surface area contributed by atoms with Crippen molar-refractivity contribution in [2.45, 2.75) is 33.2 Å². The number of hydrogen-bond acceptors (Lipinski definition) is 7. The van der Waals surface area contributed by atoms with Crippen LogP contribution in [-0.4, -0.2) is 46.6 Å². The van der Waals surface area contributed by atoms with Crippen molar-refractivity contribution in [3.63, 3.8) is 0 Å². The maximum absolute atomic E-state index is 13.3. The summed E-state index contributed by atoms with van der Waals surface area (Å²) < 4.78 is 19.4. The van der Waals surface area contributed by atoms with Crippen LogP contribution in [0.3, 0.4) is 0 Å². The van der Waals surface area contributed by atoms with E-state index in [1.165, 1.54) is 21.3 Å². The van der Waals surface area contributed by atoms with Crippen LogP contribution in [0, 0.1) is 6.92 Å². The molecule has 0 aliphatic heterocycles. The number of nitrogens with zero attached hydrogens (tertiary/aromatic N) is 4. The first-order valence-corrected chi connectivity index (χ1v) is 11.6. The fraction of sp³-hybridized carbons (Fsp3) is 0.308. The number of carbonyl (C=O) groups is 1. The molecule has 1 N–H and O–H groups in total. The lowest BCUT2D eigenvalue weighted by molar-refractivity contribution is -0.116. The quantitative estimate of drug-likeness (QED) is 0.382. The highest BCUT2D eigenvalue weighted by molar-refractivity contribution is 5.91. The Morgan fingerprint density at radius 3 is 2.28 bits per heavy atom. The predicted octanol–water partition coefficient (Wildman–Crippen LogP) is 3.51. The van der Waals surface area contributed by atoms with Crippen LogP contribution in [0.25, 0.3) is 16.9 Å². The first kappa shape index (κ1) is 24.8. The molecule has 0 aliphatic rings. The van der Waals surface area contributed by atoms with E-state index in [1.54, 1.807) is 21.4 Å². The fourth-order valence-corrected chi connectivity index (χ4v) is 4.13. The Morgan fingerprint density at radius 1 is 1.03 bits per heavy atom. The predicted molar refractivity (Wildman–Crippen MR) is 137 cm³/mol. The van der Waals surface area contributed by atoms with Gasteiger partial charge < -0.3 is 19.5 Å². The van der Waals surface area contributed by atoms with Gasteiger partial charge in [0.2, 0.25) is 11.7 Å². The second-order valence-corrected chi connectivity index (χ2v) is 8.08. The molecular formula is C26H29N5O5. The van der Waals surface area contributed by atoms with Crippen LogP contribution in [0.15, 0.2) is 47.3 Å². The summed E-state index contributed by atoms with van der Waals surface area (Å²) in [5, 5.41) is 7.46. The number of methoxy groups -OCH3 is 3. The molecule has 36 heavy (non-hydrogen) atoms. The molecule has 0 saturated carbocycles. The van der Waals surface area contributed by atoms with E-state index in [2.05, 4.69) is 15.4 Å². The Bertz CT molecular complexity index is 1430. The number of para-hydroxylation sites is 1. The zero-order valence-electron chi connectivity index (χ0n) is 21.0. The van der Waals surface area contributed by atoms with Crippen molar-refractivity contribution in [1.29, 1.82) is 0 Å². The number of aromatic nitrogens is 4. The minimum absolute atomic E-state index is 0.0694. The van der Waals surface area contributed by atoms with Crippen LogP contribution in [0.1, 0.15) is 24.7 Å². The highest BCUT2D eigenvalue weighted by atomic mass is 16.5. The van der Waals surface area contributed by atoms with E-state index in [4.69, 9.17) is 14.2 Å². The second-order valence-electron chi connectivity index (χ2n) is 8.08. The van der Waals surface area contributed by atoms with Gasteiger partial charge in [0.15, 0.2) is 17.1 Å². The van der Waals surface area contributed by atoms with Gasteiger partial charge in [-0.05, 0) is 26.0 Å². The van der Waals surface area contributed by atoms with Gasteiger partial charge in [-0.2, -0.15) is 5.10 Å². The average molecular weight is 492 g/mol. The number of aryl methyl sites for hydroxylation is 3. The molecular weight excluding hydrogens is 462 g/mol. The smallest absolute Gasteiger partial charge is 0.273 e. The number of fused-ring (bicyclic) bond motifs is 1. The lowest BCUT2D eigenvalue weighted by atomic mass is 10.2. The molecule has 1 amide bonds. The van der Waals surface area contributed by atoms with Crippen molar-refractivity contribution in [2.24, 2.45) is 0 Å². The molecule has 0 spiro atoms. The molecule has 0 bridgehead atoms. The lowest BCUT2D eigenvalue weighted by Crippen LogP contribution is -2.27. The van der Waals surface area contributed by atoms with Crippen LogP contribution in [0.4, 0.5) is 5.69 Å². The third kappa shape index (κ3) is 4.61. The maximum atomic E-state index is 13.3. The van der Waals surface area contributed by atoms with Gasteiger partial charge in [0.05, 0.1) is 32.7 Å². The van der Waals surface area contributed by atoms with Gasteiger partial charge >= 0.3 is 0 Å². The minimum atomic E-state index is -0.273.